The first-order valence-corrected chi connectivity index (χ1v) is 7.15. The fourth-order valence-corrected chi connectivity index (χ4v) is 1.93. The second kappa shape index (κ2) is 8.11. The molecule has 0 fully saturated rings. The normalized spacial score (nSPS) is 9.90. The van der Waals surface area contributed by atoms with Crippen molar-refractivity contribution in [3.63, 3.8) is 0 Å². The van der Waals surface area contributed by atoms with E-state index in [1.54, 1.807) is 0 Å². The van der Waals surface area contributed by atoms with Crippen LogP contribution >= 0.6 is 11.8 Å². The topological polar surface area (TPSA) is 52.6 Å². The van der Waals surface area contributed by atoms with Gasteiger partial charge in [0.05, 0.1) is 11.8 Å². The van der Waals surface area contributed by atoms with Gasteiger partial charge in [-0.2, -0.15) is 0 Å². The minimum absolute atomic E-state index is 0.138. The van der Waals surface area contributed by atoms with Crippen molar-refractivity contribution < 1.29 is 19.1 Å². The fraction of sp³-hybridized carbons (Fsp3) is 0.125. The molecule has 21 heavy (non-hydrogen) atoms. The van der Waals surface area contributed by atoms with Gasteiger partial charge in [-0.05, 0) is 11.1 Å². The molecule has 4 nitrogen and oxygen atoms in total. The van der Waals surface area contributed by atoms with Crippen LogP contribution < -0.4 is 0 Å². The number of ether oxygens (including phenoxy) is 2. The third-order valence-corrected chi connectivity index (χ3v) is 3.13. The van der Waals surface area contributed by atoms with Crippen molar-refractivity contribution in [2.24, 2.45) is 0 Å². The van der Waals surface area contributed by atoms with Crippen molar-refractivity contribution in [2.45, 2.75) is 13.2 Å². The van der Waals surface area contributed by atoms with Crippen LogP contribution in [0.3, 0.4) is 0 Å². The Bertz CT molecular complexity index is 530. The van der Waals surface area contributed by atoms with Crippen molar-refractivity contribution in [3.05, 3.63) is 71.8 Å². The Morgan fingerprint density at radius 3 is 1.48 bits per heavy atom. The van der Waals surface area contributed by atoms with E-state index < -0.39 is 10.6 Å². The zero-order chi connectivity index (χ0) is 14.9. The van der Waals surface area contributed by atoms with E-state index in [2.05, 4.69) is 0 Å². The van der Waals surface area contributed by atoms with E-state index in [9.17, 15) is 9.59 Å². The van der Waals surface area contributed by atoms with Gasteiger partial charge in [-0.15, -0.1) is 0 Å². The largest absolute Gasteiger partial charge is 0.452 e. The molecule has 0 atom stereocenters. The van der Waals surface area contributed by atoms with Crippen LogP contribution in [0, 0.1) is 0 Å². The average Bonchev–Trinajstić information content (AvgIpc) is 2.53. The summed E-state index contributed by atoms with van der Waals surface area (Å²) in [7, 11) is 0. The standard InChI is InChI=1S/C16H14O4S/c17-15(19-11-13-7-3-1-4-8-13)21-16(18)20-12-14-9-5-2-6-10-14/h1-10H,11-12H2. The van der Waals surface area contributed by atoms with Gasteiger partial charge >= 0.3 is 10.6 Å². The highest BCUT2D eigenvalue weighted by Crippen LogP contribution is 2.13. The first kappa shape index (κ1) is 15.1. The van der Waals surface area contributed by atoms with Gasteiger partial charge in [-0.1, -0.05) is 60.7 Å². The van der Waals surface area contributed by atoms with Crippen LogP contribution in [0.15, 0.2) is 60.7 Å². The summed E-state index contributed by atoms with van der Waals surface area (Å²) in [5.74, 6) is 0. The molecule has 0 aromatic heterocycles. The number of hydrogen-bond acceptors (Lipinski definition) is 5. The highest BCUT2D eigenvalue weighted by Gasteiger charge is 2.13. The lowest BCUT2D eigenvalue weighted by Gasteiger charge is -2.05. The molecule has 2 aromatic rings. The Balaban J connectivity index is 1.69. The van der Waals surface area contributed by atoms with E-state index in [4.69, 9.17) is 9.47 Å². The van der Waals surface area contributed by atoms with Crippen LogP contribution in [-0.2, 0) is 22.7 Å². The lowest BCUT2D eigenvalue weighted by molar-refractivity contribution is 0.162. The fourth-order valence-electron chi connectivity index (χ4n) is 1.56. The predicted octanol–water partition coefficient (Wildman–Crippen LogP) is 4.39. The van der Waals surface area contributed by atoms with Crippen molar-refractivity contribution in [1.82, 2.24) is 0 Å². The summed E-state index contributed by atoms with van der Waals surface area (Å²) in [5, 5.41) is -1.34. The van der Waals surface area contributed by atoms with E-state index in [1.165, 1.54) is 0 Å². The first-order chi connectivity index (χ1) is 10.2. The molecule has 0 aliphatic rings. The zero-order valence-corrected chi connectivity index (χ0v) is 12.0. The number of thioether (sulfide) groups is 1. The van der Waals surface area contributed by atoms with Crippen molar-refractivity contribution >= 4 is 22.4 Å². The van der Waals surface area contributed by atoms with Gasteiger partial charge in [-0.25, -0.2) is 9.59 Å². The lowest BCUT2D eigenvalue weighted by Crippen LogP contribution is -2.05. The number of benzene rings is 2. The monoisotopic (exact) mass is 302 g/mol. The number of rotatable bonds is 4. The molecule has 0 aliphatic heterocycles. The van der Waals surface area contributed by atoms with Gasteiger partial charge in [0, 0.05) is 0 Å². The van der Waals surface area contributed by atoms with E-state index >= 15 is 0 Å². The average molecular weight is 302 g/mol. The Morgan fingerprint density at radius 2 is 1.10 bits per heavy atom. The molecule has 0 saturated carbocycles. The highest BCUT2D eigenvalue weighted by molar-refractivity contribution is 8.25. The maximum atomic E-state index is 11.5. The lowest BCUT2D eigenvalue weighted by atomic mass is 10.2. The molecular weight excluding hydrogens is 288 g/mol. The van der Waals surface area contributed by atoms with Crippen molar-refractivity contribution in [3.8, 4) is 0 Å². The van der Waals surface area contributed by atoms with E-state index in [1.807, 2.05) is 60.7 Å². The van der Waals surface area contributed by atoms with Gasteiger partial charge in [0.1, 0.15) is 13.2 Å². The quantitative estimate of drug-likeness (QED) is 0.784. The second-order valence-electron chi connectivity index (χ2n) is 4.15. The molecule has 0 radical (unpaired) electrons. The molecule has 5 heteroatoms. The van der Waals surface area contributed by atoms with Gasteiger partial charge in [-0.3, -0.25) is 0 Å². The summed E-state index contributed by atoms with van der Waals surface area (Å²) in [4.78, 5) is 23.0. The van der Waals surface area contributed by atoms with E-state index in [0.29, 0.717) is 11.8 Å². The molecule has 0 spiro atoms. The molecule has 2 rings (SSSR count). The Kier molecular flexibility index (Phi) is 5.84. The third kappa shape index (κ3) is 5.71. The Morgan fingerprint density at radius 1 is 0.714 bits per heavy atom. The smallest absolute Gasteiger partial charge is 0.378 e. The molecule has 108 valence electrons. The number of hydrogen-bond donors (Lipinski definition) is 0. The summed E-state index contributed by atoms with van der Waals surface area (Å²) in [5.41, 5.74) is 1.73. The summed E-state index contributed by atoms with van der Waals surface area (Å²) in [6.45, 7) is 0.275. The van der Waals surface area contributed by atoms with Crippen LogP contribution in [0.2, 0.25) is 0 Å². The van der Waals surface area contributed by atoms with Gasteiger partial charge < -0.3 is 9.47 Å². The van der Waals surface area contributed by atoms with E-state index in [-0.39, 0.29) is 13.2 Å². The van der Waals surface area contributed by atoms with Gasteiger partial charge in [0.25, 0.3) is 0 Å². The van der Waals surface area contributed by atoms with Gasteiger partial charge in [0.15, 0.2) is 0 Å². The van der Waals surface area contributed by atoms with Crippen LogP contribution in [0.4, 0.5) is 9.59 Å². The Labute approximate surface area is 127 Å². The van der Waals surface area contributed by atoms with Crippen molar-refractivity contribution in [2.75, 3.05) is 0 Å². The second-order valence-corrected chi connectivity index (χ2v) is 5.02. The van der Waals surface area contributed by atoms with E-state index in [0.717, 1.165) is 11.1 Å². The van der Waals surface area contributed by atoms with Crippen LogP contribution in [0.5, 0.6) is 0 Å². The maximum Gasteiger partial charge on any atom is 0.378 e. The van der Waals surface area contributed by atoms with Crippen LogP contribution in [-0.4, -0.2) is 10.6 Å². The molecule has 0 aliphatic carbocycles. The minimum Gasteiger partial charge on any atom is -0.452 e. The highest BCUT2D eigenvalue weighted by atomic mass is 32.2. The minimum atomic E-state index is -0.670. The molecule has 0 bridgehead atoms. The van der Waals surface area contributed by atoms with Crippen molar-refractivity contribution in [1.29, 1.82) is 0 Å². The number of carbonyl (C=O) groups is 2. The third-order valence-electron chi connectivity index (χ3n) is 2.57. The zero-order valence-electron chi connectivity index (χ0n) is 11.2. The SMILES string of the molecule is O=C(OCc1ccccc1)SC(=O)OCc1ccccc1. The molecule has 0 unspecified atom stereocenters. The molecule has 0 heterocycles. The summed E-state index contributed by atoms with van der Waals surface area (Å²) < 4.78 is 9.95. The number of carbonyl (C=O) groups excluding carboxylic acids is 2. The molecule has 2 aromatic carbocycles. The summed E-state index contributed by atoms with van der Waals surface area (Å²) >= 11 is 0.416. The predicted molar refractivity (Wildman–Crippen MR) is 80.8 cm³/mol. The summed E-state index contributed by atoms with van der Waals surface area (Å²) in [6, 6.07) is 18.5. The first-order valence-electron chi connectivity index (χ1n) is 6.33. The van der Waals surface area contributed by atoms with Gasteiger partial charge in [0.2, 0.25) is 0 Å². The molecule has 0 N–H and O–H groups in total. The Hall–Kier alpha value is -2.27. The van der Waals surface area contributed by atoms with Crippen LogP contribution in [0.25, 0.3) is 0 Å². The van der Waals surface area contributed by atoms with Crippen LogP contribution in [0.1, 0.15) is 11.1 Å². The molecule has 0 saturated heterocycles. The molecular formula is C16H14O4S. The summed E-state index contributed by atoms with van der Waals surface area (Å²) in [6.07, 6.45) is 0. The maximum absolute atomic E-state index is 11.5. The molecule has 0 amide bonds.